The molecule has 1 aliphatic heterocycles. The average molecular weight is 309 g/mol. The van der Waals surface area contributed by atoms with E-state index in [9.17, 15) is 14.3 Å². The van der Waals surface area contributed by atoms with E-state index in [0.717, 1.165) is 37.8 Å². The Morgan fingerprint density at radius 1 is 1.55 bits per heavy atom. The van der Waals surface area contributed by atoms with Crippen LogP contribution in [0, 0.1) is 5.82 Å². The Bertz CT molecular complexity index is 521. The van der Waals surface area contributed by atoms with E-state index in [1.807, 2.05) is 4.90 Å². The molecule has 0 saturated carbocycles. The molecule has 22 heavy (non-hydrogen) atoms. The Hall–Kier alpha value is -1.62. The zero-order valence-electron chi connectivity index (χ0n) is 13.2. The highest BCUT2D eigenvalue weighted by atomic mass is 19.1. The van der Waals surface area contributed by atoms with Gasteiger partial charge in [0.15, 0.2) is 0 Å². The van der Waals surface area contributed by atoms with Crippen molar-refractivity contribution in [3.8, 4) is 5.75 Å². The number of likely N-dealkylation sites (tertiary alicyclic amines) is 1. The van der Waals surface area contributed by atoms with E-state index >= 15 is 0 Å². The highest BCUT2D eigenvalue weighted by Gasteiger charge is 2.36. The molecule has 0 aromatic heterocycles. The minimum atomic E-state index is -0.797. The Balaban J connectivity index is 2.37. The lowest BCUT2D eigenvalue weighted by Crippen LogP contribution is -2.39. The fourth-order valence-corrected chi connectivity index (χ4v) is 3.29. The first-order valence-electron chi connectivity index (χ1n) is 7.90. The average Bonchev–Trinajstić information content (AvgIpc) is 2.97. The second-order valence-corrected chi connectivity index (χ2v) is 5.78. The number of carbonyl (C=O) groups is 1. The van der Waals surface area contributed by atoms with Gasteiger partial charge < -0.3 is 9.84 Å². The third-order valence-electron chi connectivity index (χ3n) is 4.36. The summed E-state index contributed by atoms with van der Waals surface area (Å²) in [4.78, 5) is 13.5. The van der Waals surface area contributed by atoms with Crippen LogP contribution in [0.25, 0.3) is 0 Å². The van der Waals surface area contributed by atoms with E-state index in [4.69, 9.17) is 4.74 Å². The van der Waals surface area contributed by atoms with Crippen LogP contribution in [0.4, 0.5) is 4.39 Å². The summed E-state index contributed by atoms with van der Waals surface area (Å²) >= 11 is 0. The normalized spacial score (nSPS) is 20.0. The molecule has 0 aliphatic carbocycles. The van der Waals surface area contributed by atoms with Crippen molar-refractivity contribution in [2.45, 2.75) is 51.1 Å². The molecule has 0 bridgehead atoms. The number of hydrogen-bond acceptors (Lipinski definition) is 3. The maximum atomic E-state index is 13.7. The van der Waals surface area contributed by atoms with Crippen LogP contribution in [0.5, 0.6) is 5.75 Å². The van der Waals surface area contributed by atoms with Gasteiger partial charge in [-0.25, -0.2) is 4.39 Å². The third kappa shape index (κ3) is 3.58. The molecule has 4 nitrogen and oxygen atoms in total. The number of nitrogens with zero attached hydrogens (tertiary/aromatic N) is 1. The van der Waals surface area contributed by atoms with E-state index in [2.05, 4.69) is 6.92 Å². The van der Waals surface area contributed by atoms with Gasteiger partial charge in [0.05, 0.1) is 7.11 Å². The van der Waals surface area contributed by atoms with Gasteiger partial charge in [-0.3, -0.25) is 9.69 Å². The number of benzene rings is 1. The van der Waals surface area contributed by atoms with Gasteiger partial charge in [0.25, 0.3) is 0 Å². The highest BCUT2D eigenvalue weighted by Crippen LogP contribution is 2.37. The quantitative estimate of drug-likeness (QED) is 0.836. The topological polar surface area (TPSA) is 49.8 Å². The smallest absolute Gasteiger partial charge is 0.320 e. The maximum absolute atomic E-state index is 13.7. The first kappa shape index (κ1) is 16.7. The van der Waals surface area contributed by atoms with Crippen molar-refractivity contribution in [2.75, 3.05) is 13.7 Å². The molecule has 1 heterocycles. The lowest BCUT2D eigenvalue weighted by atomic mass is 9.97. The summed E-state index contributed by atoms with van der Waals surface area (Å²) in [6.45, 7) is 2.82. The molecule has 0 radical (unpaired) electrons. The van der Waals surface area contributed by atoms with Gasteiger partial charge in [-0.15, -0.1) is 0 Å². The molecule has 0 spiro atoms. The van der Waals surface area contributed by atoms with E-state index in [-0.39, 0.29) is 11.9 Å². The highest BCUT2D eigenvalue weighted by molar-refractivity contribution is 5.74. The van der Waals surface area contributed by atoms with Gasteiger partial charge in [-0.1, -0.05) is 19.8 Å². The number of rotatable bonds is 7. The van der Waals surface area contributed by atoms with Crippen LogP contribution in [-0.4, -0.2) is 35.7 Å². The van der Waals surface area contributed by atoms with Gasteiger partial charge in [0, 0.05) is 11.6 Å². The number of halogens is 1. The van der Waals surface area contributed by atoms with Crippen LogP contribution in [0.1, 0.15) is 50.6 Å². The summed E-state index contributed by atoms with van der Waals surface area (Å²) in [7, 11) is 1.56. The molecule has 1 fully saturated rings. The number of carboxylic acids is 1. The number of aliphatic carboxylic acids is 1. The van der Waals surface area contributed by atoms with Gasteiger partial charge >= 0.3 is 5.97 Å². The van der Waals surface area contributed by atoms with Crippen molar-refractivity contribution in [2.24, 2.45) is 0 Å². The molecule has 1 aliphatic rings. The Morgan fingerprint density at radius 3 is 2.95 bits per heavy atom. The van der Waals surface area contributed by atoms with Crippen LogP contribution in [-0.2, 0) is 4.79 Å². The minimum absolute atomic E-state index is 0.116. The second kappa shape index (κ2) is 7.58. The third-order valence-corrected chi connectivity index (χ3v) is 4.36. The molecule has 1 saturated heterocycles. The summed E-state index contributed by atoms with van der Waals surface area (Å²) in [6.07, 6.45) is 4.29. The van der Waals surface area contributed by atoms with Crippen molar-refractivity contribution >= 4 is 5.97 Å². The van der Waals surface area contributed by atoms with Crippen LogP contribution in [0.15, 0.2) is 18.2 Å². The molecule has 5 heteroatoms. The van der Waals surface area contributed by atoms with Crippen molar-refractivity contribution in [1.82, 2.24) is 4.90 Å². The standard InChI is InChI=1S/C17H24FNO3/c1-3-4-6-14(19-10-5-7-15(19)17(20)21)13-11-12(18)8-9-16(13)22-2/h8-9,11,14-15H,3-7,10H2,1-2H3,(H,20,21). The molecule has 2 unspecified atom stereocenters. The maximum Gasteiger partial charge on any atom is 0.320 e. The first-order valence-corrected chi connectivity index (χ1v) is 7.90. The fraction of sp³-hybridized carbons (Fsp3) is 0.588. The second-order valence-electron chi connectivity index (χ2n) is 5.78. The summed E-state index contributed by atoms with van der Waals surface area (Å²) in [5, 5.41) is 9.44. The molecule has 1 aromatic rings. The van der Waals surface area contributed by atoms with E-state index in [0.29, 0.717) is 12.2 Å². The van der Waals surface area contributed by atoms with E-state index < -0.39 is 12.0 Å². The van der Waals surface area contributed by atoms with Gasteiger partial charge in [0.1, 0.15) is 17.6 Å². The van der Waals surface area contributed by atoms with Crippen molar-refractivity contribution < 1.29 is 19.0 Å². The van der Waals surface area contributed by atoms with E-state index in [1.54, 1.807) is 13.2 Å². The van der Waals surface area contributed by atoms with Crippen molar-refractivity contribution in [3.63, 3.8) is 0 Å². The monoisotopic (exact) mass is 309 g/mol. The molecule has 2 atom stereocenters. The van der Waals surface area contributed by atoms with E-state index in [1.165, 1.54) is 12.1 Å². The molecular weight excluding hydrogens is 285 g/mol. The Kier molecular flexibility index (Phi) is 5.77. The zero-order valence-corrected chi connectivity index (χ0v) is 13.2. The van der Waals surface area contributed by atoms with Gasteiger partial charge in [-0.2, -0.15) is 0 Å². The van der Waals surface area contributed by atoms with Crippen LogP contribution < -0.4 is 4.74 Å². The Morgan fingerprint density at radius 2 is 2.32 bits per heavy atom. The molecule has 2 rings (SSSR count). The van der Waals surface area contributed by atoms with Crippen molar-refractivity contribution in [1.29, 1.82) is 0 Å². The molecule has 1 aromatic carbocycles. The first-order chi connectivity index (χ1) is 10.6. The number of carboxylic acid groups (broad SMARTS) is 1. The summed E-state index contributed by atoms with van der Waals surface area (Å²) in [5.74, 6) is -0.490. The number of methoxy groups -OCH3 is 1. The number of unbranched alkanes of at least 4 members (excludes halogenated alkanes) is 1. The molecule has 1 N–H and O–H groups in total. The zero-order chi connectivity index (χ0) is 16.1. The number of ether oxygens (including phenoxy) is 1. The van der Waals surface area contributed by atoms with Crippen LogP contribution >= 0.6 is 0 Å². The van der Waals surface area contributed by atoms with Gasteiger partial charge in [-0.05, 0) is 44.0 Å². The summed E-state index contributed by atoms with van der Waals surface area (Å²) in [6, 6.07) is 3.87. The Labute approximate surface area is 130 Å². The predicted octanol–water partition coefficient (Wildman–Crippen LogP) is 3.61. The lowest BCUT2D eigenvalue weighted by Gasteiger charge is -2.32. The lowest BCUT2D eigenvalue weighted by molar-refractivity contribution is -0.143. The molecule has 122 valence electrons. The fourth-order valence-electron chi connectivity index (χ4n) is 3.29. The number of hydrogen-bond donors (Lipinski definition) is 1. The summed E-state index contributed by atoms with van der Waals surface area (Å²) < 4.78 is 19.1. The predicted molar refractivity (Wildman–Crippen MR) is 82.6 cm³/mol. The largest absolute Gasteiger partial charge is 0.496 e. The molecule has 0 amide bonds. The summed E-state index contributed by atoms with van der Waals surface area (Å²) in [5.41, 5.74) is 0.754. The van der Waals surface area contributed by atoms with Crippen LogP contribution in [0.2, 0.25) is 0 Å². The van der Waals surface area contributed by atoms with Gasteiger partial charge in [0.2, 0.25) is 0 Å². The van der Waals surface area contributed by atoms with Crippen LogP contribution in [0.3, 0.4) is 0 Å². The minimum Gasteiger partial charge on any atom is -0.496 e. The SMILES string of the molecule is CCCCC(c1cc(F)ccc1OC)N1CCCC1C(=O)O. The molecular formula is C17H24FNO3. The van der Waals surface area contributed by atoms with Crippen molar-refractivity contribution in [3.05, 3.63) is 29.6 Å².